The zero-order chi connectivity index (χ0) is 22.1. The number of hydrogen-bond donors (Lipinski definition) is 5. The number of aliphatic carboxylic acids is 1. The molecular formula is C17H34N4O6Si. The van der Waals surface area contributed by atoms with Crippen LogP contribution in [0, 0.1) is 5.92 Å². The molecule has 0 aromatic rings. The molecule has 4 amide bonds. The van der Waals surface area contributed by atoms with Crippen LogP contribution in [0.2, 0.25) is 19.6 Å². The molecule has 0 aromatic heterocycles. The van der Waals surface area contributed by atoms with E-state index in [2.05, 4.69) is 16.0 Å². The minimum absolute atomic E-state index is 0.0979. The summed E-state index contributed by atoms with van der Waals surface area (Å²) >= 11 is 0. The maximum Gasteiger partial charge on any atom is 0.407 e. The lowest BCUT2D eigenvalue weighted by molar-refractivity contribution is -0.142. The second kappa shape index (κ2) is 10.9. The van der Waals surface area contributed by atoms with Crippen LogP contribution in [0.25, 0.3) is 0 Å². The Balaban J connectivity index is 5.57. The van der Waals surface area contributed by atoms with Crippen LogP contribution in [0.1, 0.15) is 33.6 Å². The minimum Gasteiger partial charge on any atom is -0.480 e. The summed E-state index contributed by atoms with van der Waals surface area (Å²) in [6.07, 6.45) is -0.306. The monoisotopic (exact) mass is 418 g/mol. The standard InChI is InChI=1S/C17H34N4O6Si/c1-7-27-16(26)21-17(11(2)3,28(4,5)6)14(24)20-12(13(22)23)9-8-10-19-15(18)25/h11-12H,7-10H2,1-6H3,(H,20,24)(H,21,26)(H,22,23)(H3,18,19,25)/t12?,17-/m1/s1. The number of carbonyl (C=O) groups excluding carboxylic acids is 3. The molecule has 1 unspecified atom stereocenters. The average molecular weight is 419 g/mol. The molecule has 0 saturated heterocycles. The zero-order valence-corrected chi connectivity index (χ0v) is 18.5. The Morgan fingerprint density at radius 3 is 2.14 bits per heavy atom. The van der Waals surface area contributed by atoms with Crippen LogP contribution < -0.4 is 21.7 Å². The second-order valence-electron chi connectivity index (χ2n) is 7.86. The molecule has 0 bridgehead atoms. The summed E-state index contributed by atoms with van der Waals surface area (Å²) in [5.74, 6) is -2.05. The maximum atomic E-state index is 13.2. The summed E-state index contributed by atoms with van der Waals surface area (Å²) in [7, 11) is -2.40. The number of ether oxygens (including phenoxy) is 1. The van der Waals surface area contributed by atoms with Crippen molar-refractivity contribution in [3.05, 3.63) is 0 Å². The van der Waals surface area contributed by atoms with Gasteiger partial charge in [0.25, 0.3) is 0 Å². The normalized spacial score (nSPS) is 14.5. The number of urea groups is 1. The Hall–Kier alpha value is -2.30. The first-order valence-electron chi connectivity index (χ1n) is 9.31. The van der Waals surface area contributed by atoms with Gasteiger partial charge in [0.1, 0.15) is 11.2 Å². The molecule has 6 N–H and O–H groups in total. The van der Waals surface area contributed by atoms with Crippen LogP contribution in [0.5, 0.6) is 0 Å². The number of nitrogens with one attached hydrogen (secondary N) is 3. The van der Waals surface area contributed by atoms with Gasteiger partial charge in [-0.1, -0.05) is 33.5 Å². The first-order valence-corrected chi connectivity index (χ1v) is 12.8. The fourth-order valence-electron chi connectivity index (χ4n) is 3.23. The fourth-order valence-corrected chi connectivity index (χ4v) is 6.20. The number of nitrogens with two attached hydrogens (primary N) is 1. The number of primary amides is 1. The molecule has 11 heteroatoms. The van der Waals surface area contributed by atoms with Crippen molar-refractivity contribution in [3.63, 3.8) is 0 Å². The first-order chi connectivity index (χ1) is 12.8. The van der Waals surface area contributed by atoms with Crippen LogP contribution in [0.3, 0.4) is 0 Å². The molecule has 0 aliphatic heterocycles. The number of carboxylic acid groups (broad SMARTS) is 1. The second-order valence-corrected chi connectivity index (χ2v) is 13.1. The van der Waals surface area contributed by atoms with E-state index in [-0.39, 0.29) is 25.5 Å². The molecule has 162 valence electrons. The summed E-state index contributed by atoms with van der Waals surface area (Å²) in [5, 5.41) is 15.9. The van der Waals surface area contributed by atoms with E-state index < -0.39 is 43.3 Å². The number of carboxylic acids is 1. The van der Waals surface area contributed by atoms with Gasteiger partial charge in [-0.15, -0.1) is 0 Å². The summed E-state index contributed by atoms with van der Waals surface area (Å²) in [4.78, 5) is 47.7. The van der Waals surface area contributed by atoms with Crippen LogP contribution in [0.15, 0.2) is 0 Å². The van der Waals surface area contributed by atoms with E-state index in [1.807, 2.05) is 19.6 Å². The van der Waals surface area contributed by atoms with Gasteiger partial charge < -0.3 is 31.5 Å². The predicted molar refractivity (Wildman–Crippen MR) is 107 cm³/mol. The third-order valence-corrected chi connectivity index (χ3v) is 7.85. The highest BCUT2D eigenvalue weighted by Gasteiger charge is 2.54. The smallest absolute Gasteiger partial charge is 0.407 e. The van der Waals surface area contributed by atoms with Gasteiger partial charge >= 0.3 is 18.1 Å². The molecule has 0 saturated carbocycles. The van der Waals surface area contributed by atoms with Crippen molar-refractivity contribution in [1.82, 2.24) is 16.0 Å². The number of rotatable bonds is 11. The van der Waals surface area contributed by atoms with E-state index in [1.54, 1.807) is 20.8 Å². The summed E-state index contributed by atoms with van der Waals surface area (Å²) in [6.45, 7) is 11.4. The van der Waals surface area contributed by atoms with Crippen LogP contribution in [-0.2, 0) is 14.3 Å². The highest BCUT2D eigenvalue weighted by atomic mass is 28.3. The third-order valence-electron chi connectivity index (χ3n) is 4.55. The summed E-state index contributed by atoms with van der Waals surface area (Å²) in [6, 6.07) is -1.87. The van der Waals surface area contributed by atoms with Crippen LogP contribution in [0.4, 0.5) is 9.59 Å². The molecule has 0 fully saturated rings. The summed E-state index contributed by atoms with van der Waals surface area (Å²) in [5.41, 5.74) is 4.98. The van der Waals surface area contributed by atoms with E-state index in [0.717, 1.165) is 0 Å². The maximum absolute atomic E-state index is 13.2. The lowest BCUT2D eigenvalue weighted by Gasteiger charge is -2.45. The van der Waals surface area contributed by atoms with E-state index in [9.17, 15) is 24.3 Å². The lowest BCUT2D eigenvalue weighted by Crippen LogP contribution is -2.74. The zero-order valence-electron chi connectivity index (χ0n) is 17.5. The molecule has 0 radical (unpaired) electrons. The Kier molecular flexibility index (Phi) is 9.99. The van der Waals surface area contributed by atoms with Gasteiger partial charge in [-0.25, -0.2) is 14.4 Å². The highest BCUT2D eigenvalue weighted by molar-refractivity contribution is 6.82. The lowest BCUT2D eigenvalue weighted by atomic mass is 10.0. The number of alkyl carbamates (subject to hydrolysis) is 1. The SMILES string of the molecule is CCOC(=O)N[C@](C(=O)NC(CCCNC(N)=O)C(=O)O)(C(C)C)[Si](C)(C)C. The van der Waals surface area contributed by atoms with Gasteiger partial charge in [0.05, 0.1) is 14.7 Å². The molecule has 28 heavy (non-hydrogen) atoms. The van der Waals surface area contributed by atoms with Crippen LogP contribution >= 0.6 is 0 Å². The Morgan fingerprint density at radius 1 is 1.18 bits per heavy atom. The molecule has 0 aliphatic rings. The van der Waals surface area contributed by atoms with Gasteiger partial charge in [-0.3, -0.25) is 4.79 Å². The number of hydrogen-bond acceptors (Lipinski definition) is 5. The average Bonchev–Trinajstić information content (AvgIpc) is 2.53. The van der Waals surface area contributed by atoms with Gasteiger partial charge in [-0.05, 0) is 25.7 Å². The molecule has 0 rings (SSSR count). The minimum atomic E-state index is -2.40. The topological polar surface area (TPSA) is 160 Å². The van der Waals surface area contributed by atoms with Crippen molar-refractivity contribution >= 4 is 32.1 Å². The molecule has 0 aromatic carbocycles. The van der Waals surface area contributed by atoms with Crippen molar-refractivity contribution in [2.45, 2.75) is 64.5 Å². The first kappa shape index (κ1) is 25.7. The molecule has 0 heterocycles. The largest absolute Gasteiger partial charge is 0.480 e. The molecule has 10 nitrogen and oxygen atoms in total. The van der Waals surface area contributed by atoms with Gasteiger partial charge in [0.15, 0.2) is 0 Å². The number of carbonyl (C=O) groups is 4. The van der Waals surface area contributed by atoms with Gasteiger partial charge in [0, 0.05) is 6.54 Å². The van der Waals surface area contributed by atoms with E-state index in [1.165, 1.54) is 0 Å². The van der Waals surface area contributed by atoms with Crippen molar-refractivity contribution in [2.75, 3.05) is 13.2 Å². The van der Waals surface area contributed by atoms with Crippen molar-refractivity contribution < 1.29 is 29.0 Å². The Labute approximate surface area is 167 Å². The molecule has 0 spiro atoms. The van der Waals surface area contributed by atoms with E-state index in [4.69, 9.17) is 10.5 Å². The predicted octanol–water partition coefficient (Wildman–Crippen LogP) is 1.02. The third kappa shape index (κ3) is 7.02. The Morgan fingerprint density at radius 2 is 1.75 bits per heavy atom. The van der Waals surface area contributed by atoms with Crippen molar-refractivity contribution in [3.8, 4) is 0 Å². The molecule has 0 aliphatic carbocycles. The fraction of sp³-hybridized carbons (Fsp3) is 0.765. The summed E-state index contributed by atoms with van der Waals surface area (Å²) < 4.78 is 4.97. The molecule has 2 atom stereocenters. The quantitative estimate of drug-likeness (QED) is 0.249. The highest BCUT2D eigenvalue weighted by Crippen LogP contribution is 2.30. The van der Waals surface area contributed by atoms with Crippen LogP contribution in [-0.4, -0.2) is 61.5 Å². The molecular weight excluding hydrogens is 384 g/mol. The van der Waals surface area contributed by atoms with E-state index in [0.29, 0.717) is 6.42 Å². The van der Waals surface area contributed by atoms with Crippen molar-refractivity contribution in [1.29, 1.82) is 0 Å². The van der Waals surface area contributed by atoms with Crippen molar-refractivity contribution in [2.24, 2.45) is 11.7 Å². The van der Waals surface area contributed by atoms with Gasteiger partial charge in [-0.2, -0.15) is 0 Å². The van der Waals surface area contributed by atoms with Gasteiger partial charge in [0.2, 0.25) is 5.91 Å². The van der Waals surface area contributed by atoms with E-state index >= 15 is 0 Å². The number of amides is 4. The Bertz CT molecular complexity index is 578.